The number of fused-ring (bicyclic) bond motifs is 1. The molecule has 1 aromatic heterocycles. The summed E-state index contributed by atoms with van der Waals surface area (Å²) in [5.74, 6) is -0.859. The van der Waals surface area contributed by atoms with Gasteiger partial charge >= 0.3 is 11.9 Å². The largest absolute Gasteiger partial charge is 0.478 e. The predicted molar refractivity (Wildman–Crippen MR) is 110 cm³/mol. The predicted octanol–water partition coefficient (Wildman–Crippen LogP) is 2.79. The first kappa shape index (κ1) is 21.0. The number of aromatic amines is 1. The summed E-state index contributed by atoms with van der Waals surface area (Å²) in [6.07, 6.45) is -1.72. The standard InChI is InChI=1S/C22H22FN3O5/c1-30-22(29)15-6-7-17-18(8-15)25-20(24-17)12-31-19-11-26(10-16(19)23)9-13-2-4-14(5-3-13)21(27)28/h2-8,16,19H,9-12H2,1H3,(H,24,25)(H,27,28)/t16-,19+/m1/s1. The minimum Gasteiger partial charge on any atom is -0.478 e. The van der Waals surface area contributed by atoms with Crippen molar-refractivity contribution in [3.05, 3.63) is 65.0 Å². The lowest BCUT2D eigenvalue weighted by Crippen LogP contribution is -2.24. The molecule has 0 amide bonds. The Hall–Kier alpha value is -3.30. The summed E-state index contributed by atoms with van der Waals surface area (Å²) in [5, 5.41) is 8.97. The number of halogens is 1. The van der Waals surface area contributed by atoms with E-state index in [-0.39, 0.29) is 18.7 Å². The molecule has 4 rings (SSSR count). The quantitative estimate of drug-likeness (QED) is 0.559. The van der Waals surface area contributed by atoms with Gasteiger partial charge in [0.2, 0.25) is 0 Å². The van der Waals surface area contributed by atoms with Gasteiger partial charge in [-0.25, -0.2) is 19.0 Å². The molecule has 2 heterocycles. The number of esters is 1. The van der Waals surface area contributed by atoms with E-state index in [1.165, 1.54) is 7.11 Å². The highest BCUT2D eigenvalue weighted by atomic mass is 19.1. The zero-order chi connectivity index (χ0) is 22.0. The first-order valence-corrected chi connectivity index (χ1v) is 9.80. The van der Waals surface area contributed by atoms with Gasteiger partial charge in [-0.3, -0.25) is 4.90 Å². The summed E-state index contributed by atoms with van der Waals surface area (Å²) in [5.41, 5.74) is 2.91. The van der Waals surface area contributed by atoms with Crippen LogP contribution in [0.2, 0.25) is 0 Å². The van der Waals surface area contributed by atoms with Gasteiger partial charge in [-0.1, -0.05) is 12.1 Å². The van der Waals surface area contributed by atoms with Gasteiger partial charge in [0.25, 0.3) is 0 Å². The first-order valence-electron chi connectivity index (χ1n) is 9.80. The Morgan fingerprint density at radius 1 is 1.19 bits per heavy atom. The number of imidazole rings is 1. The number of rotatable bonds is 7. The van der Waals surface area contributed by atoms with Crippen LogP contribution in [0.15, 0.2) is 42.5 Å². The Balaban J connectivity index is 1.34. The zero-order valence-electron chi connectivity index (χ0n) is 16.9. The van der Waals surface area contributed by atoms with Crippen molar-refractivity contribution in [2.24, 2.45) is 0 Å². The van der Waals surface area contributed by atoms with Gasteiger partial charge in [-0.05, 0) is 35.9 Å². The van der Waals surface area contributed by atoms with E-state index in [9.17, 15) is 14.0 Å². The Bertz CT molecular complexity index is 1100. The molecule has 0 unspecified atom stereocenters. The molecular formula is C22H22FN3O5. The number of aromatic nitrogens is 2. The smallest absolute Gasteiger partial charge is 0.337 e. The van der Waals surface area contributed by atoms with Crippen molar-refractivity contribution >= 4 is 23.0 Å². The molecule has 0 saturated carbocycles. The zero-order valence-corrected chi connectivity index (χ0v) is 16.9. The van der Waals surface area contributed by atoms with E-state index in [4.69, 9.17) is 14.6 Å². The fraction of sp³-hybridized carbons (Fsp3) is 0.318. The fourth-order valence-electron chi connectivity index (χ4n) is 3.67. The van der Waals surface area contributed by atoms with Crippen LogP contribution in [-0.4, -0.2) is 64.4 Å². The van der Waals surface area contributed by atoms with E-state index in [0.717, 1.165) is 5.56 Å². The average Bonchev–Trinajstić information content (AvgIpc) is 3.33. The third-order valence-corrected chi connectivity index (χ3v) is 5.27. The lowest BCUT2D eigenvalue weighted by Gasteiger charge is -2.15. The van der Waals surface area contributed by atoms with Crippen LogP contribution in [0.1, 0.15) is 32.1 Å². The summed E-state index contributed by atoms with van der Waals surface area (Å²) in [7, 11) is 1.32. The molecule has 8 nitrogen and oxygen atoms in total. The molecule has 0 bridgehead atoms. The summed E-state index contributed by atoms with van der Waals surface area (Å²) < 4.78 is 25.0. The molecule has 31 heavy (non-hydrogen) atoms. The van der Waals surface area contributed by atoms with Crippen molar-refractivity contribution in [3.63, 3.8) is 0 Å². The highest BCUT2D eigenvalue weighted by Crippen LogP contribution is 2.21. The molecule has 0 radical (unpaired) electrons. The van der Waals surface area contributed by atoms with Crippen molar-refractivity contribution in [3.8, 4) is 0 Å². The number of carboxylic acid groups (broad SMARTS) is 1. The van der Waals surface area contributed by atoms with Gasteiger partial charge in [-0.2, -0.15) is 0 Å². The number of nitrogens with one attached hydrogen (secondary N) is 1. The van der Waals surface area contributed by atoms with E-state index in [0.29, 0.717) is 35.5 Å². The normalized spacial score (nSPS) is 19.0. The Labute approximate surface area is 177 Å². The van der Waals surface area contributed by atoms with Crippen molar-refractivity contribution < 1.29 is 28.6 Å². The van der Waals surface area contributed by atoms with Gasteiger partial charge < -0.3 is 19.6 Å². The van der Waals surface area contributed by atoms with Gasteiger partial charge in [0.15, 0.2) is 0 Å². The molecule has 9 heteroatoms. The lowest BCUT2D eigenvalue weighted by molar-refractivity contribution is 0.00864. The van der Waals surface area contributed by atoms with Crippen LogP contribution in [0.4, 0.5) is 4.39 Å². The van der Waals surface area contributed by atoms with Crippen molar-refractivity contribution in [2.45, 2.75) is 25.4 Å². The highest BCUT2D eigenvalue weighted by Gasteiger charge is 2.33. The molecule has 1 saturated heterocycles. The van der Waals surface area contributed by atoms with E-state index in [2.05, 4.69) is 9.97 Å². The van der Waals surface area contributed by atoms with Crippen LogP contribution in [0.3, 0.4) is 0 Å². The molecule has 1 aliphatic rings. The number of benzene rings is 2. The van der Waals surface area contributed by atoms with E-state index in [1.54, 1.807) is 42.5 Å². The third-order valence-electron chi connectivity index (χ3n) is 5.27. The molecule has 3 aromatic rings. The number of carboxylic acids is 1. The van der Waals surface area contributed by atoms with Crippen LogP contribution in [0, 0.1) is 0 Å². The SMILES string of the molecule is COC(=O)c1ccc2nc(CO[C@H]3CN(Cc4ccc(C(=O)O)cc4)C[C@H]3F)[nH]c2c1. The minimum absolute atomic E-state index is 0.120. The number of likely N-dealkylation sites (tertiary alicyclic amines) is 1. The number of carbonyl (C=O) groups is 2. The lowest BCUT2D eigenvalue weighted by atomic mass is 10.1. The second-order valence-corrected chi connectivity index (χ2v) is 7.47. The topological polar surface area (TPSA) is 105 Å². The Kier molecular flexibility index (Phi) is 5.97. The molecule has 1 fully saturated rings. The molecule has 2 aromatic carbocycles. The number of alkyl halides is 1. The third kappa shape index (κ3) is 4.73. The first-order chi connectivity index (χ1) is 14.9. The van der Waals surface area contributed by atoms with Gasteiger partial charge in [0.1, 0.15) is 24.7 Å². The van der Waals surface area contributed by atoms with Crippen LogP contribution in [-0.2, 0) is 22.6 Å². The maximum absolute atomic E-state index is 14.5. The van der Waals surface area contributed by atoms with Crippen LogP contribution >= 0.6 is 0 Å². The second-order valence-electron chi connectivity index (χ2n) is 7.47. The molecular weight excluding hydrogens is 405 g/mol. The molecule has 1 aliphatic heterocycles. The maximum atomic E-state index is 14.5. The van der Waals surface area contributed by atoms with Crippen LogP contribution < -0.4 is 0 Å². The minimum atomic E-state index is -1.13. The molecule has 162 valence electrons. The molecule has 0 aliphatic carbocycles. The van der Waals surface area contributed by atoms with E-state index in [1.807, 2.05) is 4.90 Å². The number of aromatic carboxylic acids is 1. The number of nitrogens with zero attached hydrogens (tertiary/aromatic N) is 2. The van der Waals surface area contributed by atoms with Crippen molar-refractivity contribution in [1.82, 2.24) is 14.9 Å². The van der Waals surface area contributed by atoms with Gasteiger partial charge in [0.05, 0.1) is 29.3 Å². The molecule has 0 spiro atoms. The molecule has 2 atom stereocenters. The number of carbonyl (C=O) groups excluding carboxylic acids is 1. The van der Waals surface area contributed by atoms with Gasteiger partial charge in [-0.15, -0.1) is 0 Å². The van der Waals surface area contributed by atoms with Crippen LogP contribution in [0.25, 0.3) is 11.0 Å². The number of ether oxygens (including phenoxy) is 2. The van der Waals surface area contributed by atoms with Crippen LogP contribution in [0.5, 0.6) is 0 Å². The number of H-pyrrole nitrogens is 1. The highest BCUT2D eigenvalue weighted by molar-refractivity contribution is 5.93. The van der Waals surface area contributed by atoms with E-state index >= 15 is 0 Å². The fourth-order valence-corrected chi connectivity index (χ4v) is 3.67. The van der Waals surface area contributed by atoms with Gasteiger partial charge in [0, 0.05) is 19.6 Å². The number of methoxy groups -OCH3 is 1. The summed E-state index contributed by atoms with van der Waals surface area (Å²) in [6, 6.07) is 11.6. The molecule has 2 N–H and O–H groups in total. The number of hydrogen-bond donors (Lipinski definition) is 2. The Morgan fingerprint density at radius 3 is 2.65 bits per heavy atom. The van der Waals surface area contributed by atoms with Crippen molar-refractivity contribution in [2.75, 3.05) is 20.2 Å². The maximum Gasteiger partial charge on any atom is 0.337 e. The second kappa shape index (κ2) is 8.83. The monoisotopic (exact) mass is 427 g/mol. The average molecular weight is 427 g/mol. The van der Waals surface area contributed by atoms with Crippen molar-refractivity contribution in [1.29, 1.82) is 0 Å². The number of hydrogen-bond acceptors (Lipinski definition) is 6. The summed E-state index contributed by atoms with van der Waals surface area (Å²) >= 11 is 0. The van der Waals surface area contributed by atoms with E-state index < -0.39 is 24.2 Å². The summed E-state index contributed by atoms with van der Waals surface area (Å²) in [6.45, 7) is 1.30. The summed E-state index contributed by atoms with van der Waals surface area (Å²) in [4.78, 5) is 32.0. The Morgan fingerprint density at radius 2 is 1.94 bits per heavy atom.